The molecule has 0 aliphatic heterocycles. The Balaban J connectivity index is 2.48. The number of hydrogen-bond acceptors (Lipinski definition) is 2. The van der Waals surface area contributed by atoms with Gasteiger partial charge in [-0.3, -0.25) is 4.79 Å². The minimum absolute atomic E-state index is 0.0815. The molecule has 0 radical (unpaired) electrons. The Morgan fingerprint density at radius 2 is 2.06 bits per heavy atom. The smallest absolute Gasteiger partial charge is 0.230 e. The first-order valence-electron chi connectivity index (χ1n) is 4.86. The zero-order valence-electron chi connectivity index (χ0n) is 9.09. The fourth-order valence-corrected chi connectivity index (χ4v) is 1.81. The summed E-state index contributed by atoms with van der Waals surface area (Å²) in [5, 5.41) is 2.71. The summed E-state index contributed by atoms with van der Waals surface area (Å²) in [5.74, 6) is -1.70. The van der Waals surface area contributed by atoms with E-state index in [9.17, 15) is 13.6 Å². The van der Waals surface area contributed by atoms with E-state index in [2.05, 4.69) is 5.32 Å². The molecule has 1 aromatic rings. The summed E-state index contributed by atoms with van der Waals surface area (Å²) in [5.41, 5.74) is 0. The highest BCUT2D eigenvalue weighted by atomic mass is 32.2. The third-order valence-electron chi connectivity index (χ3n) is 1.71. The van der Waals surface area contributed by atoms with Crippen LogP contribution in [0.25, 0.3) is 0 Å². The van der Waals surface area contributed by atoms with E-state index in [0.29, 0.717) is 4.90 Å². The number of amides is 1. The topological polar surface area (TPSA) is 29.1 Å². The zero-order valence-corrected chi connectivity index (χ0v) is 9.91. The number of benzene rings is 1. The summed E-state index contributed by atoms with van der Waals surface area (Å²) in [6.07, 6.45) is 0. The number of hydrogen-bond donors (Lipinski definition) is 1. The molecule has 88 valence electrons. The van der Waals surface area contributed by atoms with Crippen molar-refractivity contribution in [3.8, 4) is 0 Å². The molecule has 0 unspecified atom stereocenters. The lowest BCUT2D eigenvalue weighted by Gasteiger charge is -2.07. The fourth-order valence-electron chi connectivity index (χ4n) is 1.08. The molecule has 5 heteroatoms. The van der Waals surface area contributed by atoms with Gasteiger partial charge >= 0.3 is 0 Å². The molecule has 0 saturated carbocycles. The second kappa shape index (κ2) is 5.84. The Labute approximate surface area is 97.4 Å². The highest BCUT2D eigenvalue weighted by Gasteiger charge is 2.06. The summed E-state index contributed by atoms with van der Waals surface area (Å²) in [6.45, 7) is 3.72. The van der Waals surface area contributed by atoms with Crippen molar-refractivity contribution in [3.05, 3.63) is 29.8 Å². The molecular weight excluding hydrogens is 232 g/mol. The summed E-state index contributed by atoms with van der Waals surface area (Å²) >= 11 is 1.17. The molecule has 0 atom stereocenters. The zero-order chi connectivity index (χ0) is 12.1. The van der Waals surface area contributed by atoms with Crippen molar-refractivity contribution < 1.29 is 13.6 Å². The van der Waals surface area contributed by atoms with Gasteiger partial charge in [0, 0.05) is 10.9 Å². The maximum absolute atomic E-state index is 12.8. The quantitative estimate of drug-likeness (QED) is 0.826. The van der Waals surface area contributed by atoms with Crippen LogP contribution < -0.4 is 5.32 Å². The molecule has 0 aliphatic rings. The van der Waals surface area contributed by atoms with Crippen molar-refractivity contribution in [3.63, 3.8) is 0 Å². The highest BCUT2D eigenvalue weighted by molar-refractivity contribution is 8.00. The molecule has 0 aromatic heterocycles. The van der Waals surface area contributed by atoms with Crippen LogP contribution in [-0.2, 0) is 4.79 Å². The Bertz CT molecular complexity index is 382. The lowest BCUT2D eigenvalue weighted by Crippen LogP contribution is -2.31. The van der Waals surface area contributed by atoms with Gasteiger partial charge in [-0.15, -0.1) is 11.8 Å². The van der Waals surface area contributed by atoms with Crippen molar-refractivity contribution in [2.75, 3.05) is 5.75 Å². The fraction of sp³-hybridized carbons (Fsp3) is 0.364. The predicted octanol–water partition coefficient (Wildman–Crippen LogP) is 2.58. The SMILES string of the molecule is CC(C)NC(=O)CSc1ccc(F)c(F)c1. The molecule has 0 heterocycles. The van der Waals surface area contributed by atoms with E-state index in [1.54, 1.807) is 0 Å². The molecule has 16 heavy (non-hydrogen) atoms. The summed E-state index contributed by atoms with van der Waals surface area (Å²) in [4.78, 5) is 11.8. The molecule has 0 bridgehead atoms. The molecule has 1 amide bonds. The molecule has 1 N–H and O–H groups in total. The summed E-state index contributed by atoms with van der Waals surface area (Å²) < 4.78 is 25.4. The first-order chi connectivity index (χ1) is 7.49. The molecule has 0 aliphatic carbocycles. The van der Waals surface area contributed by atoms with Crippen LogP contribution in [0, 0.1) is 11.6 Å². The van der Waals surface area contributed by atoms with Crippen molar-refractivity contribution >= 4 is 17.7 Å². The van der Waals surface area contributed by atoms with Gasteiger partial charge in [-0.1, -0.05) is 0 Å². The predicted molar refractivity (Wildman–Crippen MR) is 60.4 cm³/mol. The average Bonchev–Trinajstić information content (AvgIpc) is 2.19. The Hall–Kier alpha value is -1.10. The Kier molecular flexibility index (Phi) is 4.73. The molecule has 2 nitrogen and oxygen atoms in total. The Morgan fingerprint density at radius 1 is 1.38 bits per heavy atom. The standard InChI is InChI=1S/C11H13F2NOS/c1-7(2)14-11(15)6-16-8-3-4-9(12)10(13)5-8/h3-5,7H,6H2,1-2H3,(H,14,15). The van der Waals surface area contributed by atoms with Crippen molar-refractivity contribution in [2.24, 2.45) is 0 Å². The lowest BCUT2D eigenvalue weighted by molar-refractivity contribution is -0.119. The number of thioether (sulfide) groups is 1. The monoisotopic (exact) mass is 245 g/mol. The van der Waals surface area contributed by atoms with Gasteiger partial charge in [0.1, 0.15) is 0 Å². The third kappa shape index (κ3) is 4.18. The van der Waals surface area contributed by atoms with E-state index >= 15 is 0 Å². The highest BCUT2D eigenvalue weighted by Crippen LogP contribution is 2.19. The van der Waals surface area contributed by atoms with Crippen LogP contribution in [0.15, 0.2) is 23.1 Å². The molecule has 0 fully saturated rings. The normalized spacial score (nSPS) is 10.6. The van der Waals surface area contributed by atoms with Crippen LogP contribution in [0.3, 0.4) is 0 Å². The minimum Gasteiger partial charge on any atom is -0.353 e. The minimum atomic E-state index is -0.894. The van der Waals surface area contributed by atoms with Gasteiger partial charge in [-0.05, 0) is 32.0 Å². The van der Waals surface area contributed by atoms with Crippen molar-refractivity contribution in [1.82, 2.24) is 5.32 Å². The van der Waals surface area contributed by atoms with Gasteiger partial charge in [-0.25, -0.2) is 8.78 Å². The van der Waals surface area contributed by atoms with Crippen LogP contribution >= 0.6 is 11.8 Å². The number of rotatable bonds is 4. The number of halogens is 2. The third-order valence-corrected chi connectivity index (χ3v) is 2.70. The molecule has 0 saturated heterocycles. The number of carbonyl (C=O) groups is 1. The van der Waals surface area contributed by atoms with E-state index in [-0.39, 0.29) is 17.7 Å². The largest absolute Gasteiger partial charge is 0.353 e. The lowest BCUT2D eigenvalue weighted by atomic mass is 10.3. The maximum Gasteiger partial charge on any atom is 0.230 e. The summed E-state index contributed by atoms with van der Waals surface area (Å²) in [7, 11) is 0. The van der Waals surface area contributed by atoms with Crippen molar-refractivity contribution in [2.45, 2.75) is 24.8 Å². The van der Waals surface area contributed by atoms with Crippen LogP contribution in [-0.4, -0.2) is 17.7 Å². The van der Waals surface area contributed by atoms with E-state index < -0.39 is 11.6 Å². The van der Waals surface area contributed by atoms with E-state index in [0.717, 1.165) is 12.1 Å². The van der Waals surface area contributed by atoms with Crippen LogP contribution in [0.2, 0.25) is 0 Å². The van der Waals surface area contributed by atoms with Crippen molar-refractivity contribution in [1.29, 1.82) is 0 Å². The van der Waals surface area contributed by atoms with E-state index in [1.165, 1.54) is 17.8 Å². The van der Waals surface area contributed by atoms with Gasteiger partial charge in [-0.2, -0.15) is 0 Å². The van der Waals surface area contributed by atoms with Gasteiger partial charge in [0.05, 0.1) is 5.75 Å². The van der Waals surface area contributed by atoms with Crippen LogP contribution in [0.1, 0.15) is 13.8 Å². The number of nitrogens with one attached hydrogen (secondary N) is 1. The van der Waals surface area contributed by atoms with Gasteiger partial charge in [0.2, 0.25) is 5.91 Å². The first-order valence-corrected chi connectivity index (χ1v) is 5.85. The maximum atomic E-state index is 12.8. The molecular formula is C11H13F2NOS. The van der Waals surface area contributed by atoms with E-state index in [1.807, 2.05) is 13.8 Å². The molecule has 1 rings (SSSR count). The number of carbonyl (C=O) groups excluding carboxylic acids is 1. The summed E-state index contributed by atoms with van der Waals surface area (Å²) in [6, 6.07) is 3.67. The van der Waals surface area contributed by atoms with Gasteiger partial charge in [0.15, 0.2) is 11.6 Å². The second-order valence-electron chi connectivity index (χ2n) is 3.59. The average molecular weight is 245 g/mol. The molecule has 0 spiro atoms. The van der Waals surface area contributed by atoms with Crippen LogP contribution in [0.5, 0.6) is 0 Å². The van der Waals surface area contributed by atoms with E-state index in [4.69, 9.17) is 0 Å². The van der Waals surface area contributed by atoms with Gasteiger partial charge < -0.3 is 5.32 Å². The van der Waals surface area contributed by atoms with Crippen LogP contribution in [0.4, 0.5) is 8.78 Å². The first kappa shape index (κ1) is 13.0. The van der Waals surface area contributed by atoms with Gasteiger partial charge in [0.25, 0.3) is 0 Å². The second-order valence-corrected chi connectivity index (χ2v) is 4.64. The Morgan fingerprint density at radius 3 is 2.62 bits per heavy atom. The molecule has 1 aromatic carbocycles.